The van der Waals surface area contributed by atoms with Crippen LogP contribution >= 0.6 is 11.6 Å². The standard InChI is InChI=1S/C17H24ClNO3/c1-17(2,13-8-10-14(18)11-9-13)16(21)19-12-6-4-5-7-15(20)22-3/h8-11H,4-7,12H2,1-3H3,(H,19,21). The molecule has 0 bridgehead atoms. The van der Waals surface area contributed by atoms with Gasteiger partial charge in [0.05, 0.1) is 12.5 Å². The third-order valence-electron chi connectivity index (χ3n) is 3.70. The molecule has 0 aliphatic rings. The average Bonchev–Trinajstić information content (AvgIpc) is 2.50. The number of esters is 1. The number of carbonyl (C=O) groups excluding carboxylic acids is 2. The van der Waals surface area contributed by atoms with Gasteiger partial charge in [-0.15, -0.1) is 0 Å². The minimum Gasteiger partial charge on any atom is -0.469 e. The van der Waals surface area contributed by atoms with Crippen molar-refractivity contribution in [3.8, 4) is 0 Å². The van der Waals surface area contributed by atoms with Crippen molar-refractivity contribution in [3.05, 3.63) is 34.9 Å². The van der Waals surface area contributed by atoms with Crippen LogP contribution in [0.2, 0.25) is 5.02 Å². The zero-order valence-corrected chi connectivity index (χ0v) is 14.2. The Hall–Kier alpha value is -1.55. The number of rotatable bonds is 8. The van der Waals surface area contributed by atoms with Crippen molar-refractivity contribution >= 4 is 23.5 Å². The number of unbranched alkanes of at least 4 members (excludes halogenated alkanes) is 2. The van der Waals surface area contributed by atoms with Crippen molar-refractivity contribution < 1.29 is 14.3 Å². The highest BCUT2D eigenvalue weighted by atomic mass is 35.5. The van der Waals surface area contributed by atoms with Crippen LogP contribution in [0, 0.1) is 0 Å². The number of benzene rings is 1. The Balaban J connectivity index is 2.35. The van der Waals surface area contributed by atoms with E-state index in [0.717, 1.165) is 24.8 Å². The van der Waals surface area contributed by atoms with Gasteiger partial charge < -0.3 is 10.1 Å². The van der Waals surface area contributed by atoms with E-state index in [1.807, 2.05) is 26.0 Å². The summed E-state index contributed by atoms with van der Waals surface area (Å²) in [5, 5.41) is 3.61. The average molecular weight is 326 g/mol. The maximum atomic E-state index is 12.3. The predicted octanol–water partition coefficient (Wildman–Crippen LogP) is 3.47. The maximum absolute atomic E-state index is 12.3. The summed E-state index contributed by atoms with van der Waals surface area (Å²) in [5.74, 6) is -0.198. The highest BCUT2D eigenvalue weighted by molar-refractivity contribution is 6.30. The molecule has 1 aromatic carbocycles. The van der Waals surface area contributed by atoms with Crippen molar-refractivity contribution in [2.75, 3.05) is 13.7 Å². The predicted molar refractivity (Wildman–Crippen MR) is 88.0 cm³/mol. The molecule has 0 fully saturated rings. The Morgan fingerprint density at radius 1 is 1.14 bits per heavy atom. The SMILES string of the molecule is COC(=O)CCCCCNC(=O)C(C)(C)c1ccc(Cl)cc1. The van der Waals surface area contributed by atoms with Crippen LogP contribution in [0.4, 0.5) is 0 Å². The van der Waals surface area contributed by atoms with Crippen molar-refractivity contribution in [3.63, 3.8) is 0 Å². The number of nitrogens with one attached hydrogen (secondary N) is 1. The minimum absolute atomic E-state index is 0.0113. The quantitative estimate of drug-likeness (QED) is 0.588. The van der Waals surface area contributed by atoms with Crippen LogP contribution in [0.15, 0.2) is 24.3 Å². The zero-order chi connectivity index (χ0) is 16.6. The van der Waals surface area contributed by atoms with Gasteiger partial charge in [-0.1, -0.05) is 30.2 Å². The molecule has 1 rings (SSSR count). The van der Waals surface area contributed by atoms with E-state index in [2.05, 4.69) is 10.1 Å². The summed E-state index contributed by atoms with van der Waals surface area (Å²) in [6.45, 7) is 4.39. The van der Waals surface area contributed by atoms with Crippen molar-refractivity contribution in [1.29, 1.82) is 0 Å². The topological polar surface area (TPSA) is 55.4 Å². The molecule has 0 radical (unpaired) electrons. The van der Waals surface area contributed by atoms with E-state index in [1.165, 1.54) is 7.11 Å². The highest BCUT2D eigenvalue weighted by Gasteiger charge is 2.29. The van der Waals surface area contributed by atoms with Crippen molar-refractivity contribution in [2.24, 2.45) is 0 Å². The molecule has 5 heteroatoms. The van der Waals surface area contributed by atoms with E-state index in [-0.39, 0.29) is 11.9 Å². The van der Waals surface area contributed by atoms with E-state index in [0.29, 0.717) is 18.0 Å². The normalized spacial score (nSPS) is 11.1. The molecule has 0 heterocycles. The van der Waals surface area contributed by atoms with Crippen LogP contribution < -0.4 is 5.32 Å². The fourth-order valence-electron chi connectivity index (χ4n) is 2.09. The van der Waals surface area contributed by atoms with E-state index in [9.17, 15) is 9.59 Å². The molecule has 1 N–H and O–H groups in total. The molecular weight excluding hydrogens is 302 g/mol. The monoisotopic (exact) mass is 325 g/mol. The summed E-state index contributed by atoms with van der Waals surface area (Å²) in [4.78, 5) is 23.3. The van der Waals surface area contributed by atoms with Gasteiger partial charge in [0.15, 0.2) is 0 Å². The summed E-state index contributed by atoms with van der Waals surface area (Å²) in [6, 6.07) is 7.33. The van der Waals surface area contributed by atoms with Gasteiger partial charge in [0, 0.05) is 18.0 Å². The minimum atomic E-state index is -0.601. The number of halogens is 1. The fourth-order valence-corrected chi connectivity index (χ4v) is 2.22. The van der Waals surface area contributed by atoms with E-state index >= 15 is 0 Å². The molecule has 0 unspecified atom stereocenters. The number of ether oxygens (including phenoxy) is 1. The van der Waals surface area contributed by atoms with Gasteiger partial charge >= 0.3 is 5.97 Å². The van der Waals surface area contributed by atoms with Gasteiger partial charge in [-0.3, -0.25) is 9.59 Å². The molecule has 0 aliphatic heterocycles. The number of amides is 1. The lowest BCUT2D eigenvalue weighted by Gasteiger charge is -2.24. The van der Waals surface area contributed by atoms with Gasteiger partial charge in [-0.05, 0) is 44.4 Å². The summed E-state index contributed by atoms with van der Waals surface area (Å²) < 4.78 is 4.58. The number of carbonyl (C=O) groups is 2. The molecule has 1 aromatic rings. The zero-order valence-electron chi connectivity index (χ0n) is 13.4. The fraction of sp³-hybridized carbons (Fsp3) is 0.529. The van der Waals surface area contributed by atoms with E-state index in [1.54, 1.807) is 12.1 Å². The van der Waals surface area contributed by atoms with Gasteiger partial charge in [0.2, 0.25) is 5.91 Å². The Morgan fingerprint density at radius 3 is 2.36 bits per heavy atom. The van der Waals surface area contributed by atoms with Crippen LogP contribution in [-0.4, -0.2) is 25.5 Å². The Morgan fingerprint density at radius 2 is 1.77 bits per heavy atom. The van der Waals surface area contributed by atoms with Crippen LogP contribution in [0.25, 0.3) is 0 Å². The first-order valence-electron chi connectivity index (χ1n) is 7.49. The largest absolute Gasteiger partial charge is 0.469 e. The number of methoxy groups -OCH3 is 1. The molecule has 4 nitrogen and oxygen atoms in total. The van der Waals surface area contributed by atoms with Gasteiger partial charge in [-0.25, -0.2) is 0 Å². The molecule has 122 valence electrons. The molecule has 22 heavy (non-hydrogen) atoms. The number of hydrogen-bond donors (Lipinski definition) is 1. The summed E-state index contributed by atoms with van der Waals surface area (Å²) in [5.41, 5.74) is 0.330. The lowest BCUT2D eigenvalue weighted by molar-refractivity contribution is -0.140. The molecule has 1 amide bonds. The molecule has 0 saturated carbocycles. The lowest BCUT2D eigenvalue weighted by atomic mass is 9.84. The van der Waals surface area contributed by atoms with Crippen molar-refractivity contribution in [1.82, 2.24) is 5.32 Å². The summed E-state index contributed by atoms with van der Waals surface area (Å²) >= 11 is 5.87. The second-order valence-electron chi connectivity index (χ2n) is 5.77. The maximum Gasteiger partial charge on any atom is 0.305 e. The summed E-state index contributed by atoms with van der Waals surface area (Å²) in [7, 11) is 1.39. The molecule has 0 saturated heterocycles. The van der Waals surface area contributed by atoms with Crippen LogP contribution in [0.3, 0.4) is 0 Å². The van der Waals surface area contributed by atoms with E-state index < -0.39 is 5.41 Å². The third-order valence-corrected chi connectivity index (χ3v) is 3.96. The molecular formula is C17H24ClNO3. The van der Waals surface area contributed by atoms with Gasteiger partial charge in [0.25, 0.3) is 0 Å². The smallest absolute Gasteiger partial charge is 0.305 e. The van der Waals surface area contributed by atoms with Gasteiger partial charge in [-0.2, -0.15) is 0 Å². The second kappa shape index (κ2) is 8.79. The third kappa shape index (κ3) is 5.68. The number of hydrogen-bond acceptors (Lipinski definition) is 3. The lowest BCUT2D eigenvalue weighted by Crippen LogP contribution is -2.40. The van der Waals surface area contributed by atoms with Crippen molar-refractivity contribution in [2.45, 2.75) is 44.9 Å². The van der Waals surface area contributed by atoms with Crippen LogP contribution in [-0.2, 0) is 19.7 Å². The molecule has 0 aromatic heterocycles. The molecule has 0 aliphatic carbocycles. The first-order valence-corrected chi connectivity index (χ1v) is 7.87. The molecule has 0 spiro atoms. The Kier molecular flexibility index (Phi) is 7.39. The van der Waals surface area contributed by atoms with E-state index in [4.69, 9.17) is 11.6 Å². The van der Waals surface area contributed by atoms with Gasteiger partial charge in [0.1, 0.15) is 0 Å². The summed E-state index contributed by atoms with van der Waals surface area (Å²) in [6.07, 6.45) is 2.94. The van der Waals surface area contributed by atoms with Crippen LogP contribution in [0.1, 0.15) is 45.1 Å². The van der Waals surface area contributed by atoms with Crippen LogP contribution in [0.5, 0.6) is 0 Å². The Bertz CT molecular complexity index is 497. The second-order valence-corrected chi connectivity index (χ2v) is 6.21. The first-order chi connectivity index (χ1) is 10.4. The highest BCUT2D eigenvalue weighted by Crippen LogP contribution is 2.24. The first kappa shape index (κ1) is 18.5. The molecule has 0 atom stereocenters. The Labute approximate surface area is 137 Å².